The first-order valence-corrected chi connectivity index (χ1v) is 12.2. The van der Waals surface area contributed by atoms with Gasteiger partial charge < -0.3 is 9.22 Å². The summed E-state index contributed by atoms with van der Waals surface area (Å²) in [4.78, 5) is 0. The van der Waals surface area contributed by atoms with Crippen LogP contribution in [0.3, 0.4) is 0 Å². The fraction of sp³-hybridized carbons (Fsp3) is 0.286. The molecule has 3 aromatic carbocycles. The number of nitrogens with zero attached hydrogens (tertiary/aromatic N) is 1. The first-order chi connectivity index (χ1) is 14.9. The first-order valence-electron chi connectivity index (χ1n) is 11.0. The smallest absolute Gasteiger partial charge is 0.137 e. The van der Waals surface area contributed by atoms with Crippen molar-refractivity contribution in [3.8, 4) is 5.75 Å². The average Bonchev–Trinajstić information content (AvgIpc) is 2.79. The van der Waals surface area contributed by atoms with Crippen LogP contribution in [0, 0.1) is 0 Å². The lowest BCUT2D eigenvalue weighted by atomic mass is 9.88. The number of benzene rings is 3. The predicted octanol–water partition coefficient (Wildman–Crippen LogP) is 7.29. The molecule has 0 aromatic heterocycles. The second-order valence-corrected chi connectivity index (χ2v) is 10.2. The molecule has 0 aliphatic rings. The molecule has 162 valence electrons. The molecule has 1 unspecified atom stereocenters. The van der Waals surface area contributed by atoms with Crippen LogP contribution < -0.4 is 4.74 Å². The Morgan fingerprint density at radius 3 is 1.84 bits per heavy atom. The monoisotopic (exact) mass is 526 g/mol. The number of quaternary nitrogens is 1. The van der Waals surface area contributed by atoms with Crippen LogP contribution in [0.25, 0.3) is 11.1 Å². The molecule has 2 nitrogen and oxygen atoms in total. The maximum absolute atomic E-state index is 6.07. The number of allylic oxidation sites excluding steroid dienone is 1. The Hall–Kier alpha value is -2.11. The van der Waals surface area contributed by atoms with Crippen molar-refractivity contribution in [3.63, 3.8) is 0 Å². The summed E-state index contributed by atoms with van der Waals surface area (Å²) >= 11 is 2.48. The van der Waals surface area contributed by atoms with Crippen LogP contribution in [0.15, 0.2) is 84.9 Å². The molecule has 1 atom stereocenters. The second kappa shape index (κ2) is 11.0. The molecule has 0 heterocycles. The Morgan fingerprint density at radius 2 is 1.32 bits per heavy atom. The number of likely N-dealkylation sites (N-methyl/N-ethyl adjacent to an activating group) is 1. The Balaban J connectivity index is 1.90. The molecular weight excluding hydrogens is 493 g/mol. The van der Waals surface area contributed by atoms with Crippen molar-refractivity contribution < 1.29 is 9.22 Å². The van der Waals surface area contributed by atoms with E-state index in [1.54, 1.807) is 0 Å². The molecule has 0 amide bonds. The number of hydrogen-bond acceptors (Lipinski definition) is 1. The molecule has 0 aliphatic carbocycles. The van der Waals surface area contributed by atoms with E-state index in [9.17, 15) is 0 Å². The van der Waals surface area contributed by atoms with Gasteiger partial charge in [-0.25, -0.2) is 0 Å². The molecule has 0 fully saturated rings. The minimum Gasteiger partial charge on any atom is -0.488 e. The molecule has 0 bridgehead atoms. The SMILES string of the molecule is CC/C(=C(\c1ccccc1)c1ccc(OCC[N+](C)(C)C(C)I)cc1)c1ccccc1. The number of rotatable bonds is 9. The topological polar surface area (TPSA) is 9.23 Å². The maximum Gasteiger partial charge on any atom is 0.137 e. The van der Waals surface area contributed by atoms with Crippen LogP contribution in [-0.2, 0) is 0 Å². The molecule has 0 saturated carbocycles. The number of alkyl halides is 1. The average molecular weight is 526 g/mol. The van der Waals surface area contributed by atoms with Gasteiger partial charge in [-0.2, -0.15) is 0 Å². The van der Waals surface area contributed by atoms with Crippen molar-refractivity contribution in [2.75, 3.05) is 27.2 Å². The zero-order chi connectivity index (χ0) is 22.3. The van der Waals surface area contributed by atoms with Gasteiger partial charge in [0.2, 0.25) is 0 Å². The fourth-order valence-electron chi connectivity index (χ4n) is 3.58. The van der Waals surface area contributed by atoms with Crippen molar-refractivity contribution in [2.45, 2.75) is 24.3 Å². The molecule has 3 heteroatoms. The Labute approximate surface area is 201 Å². The van der Waals surface area contributed by atoms with E-state index in [1.165, 1.54) is 27.8 Å². The Bertz CT molecular complexity index is 977. The Kier molecular flexibility index (Phi) is 8.33. The van der Waals surface area contributed by atoms with Crippen LogP contribution in [0.4, 0.5) is 0 Å². The van der Waals surface area contributed by atoms with E-state index >= 15 is 0 Å². The summed E-state index contributed by atoms with van der Waals surface area (Å²) in [5.41, 5.74) is 6.38. The molecule has 3 rings (SSSR count). The molecule has 0 spiro atoms. The minimum absolute atomic E-state index is 0.549. The molecule has 0 N–H and O–H groups in total. The highest BCUT2D eigenvalue weighted by Gasteiger charge is 2.20. The predicted molar refractivity (Wildman–Crippen MR) is 141 cm³/mol. The van der Waals surface area contributed by atoms with Gasteiger partial charge in [0, 0.05) is 0 Å². The quantitative estimate of drug-likeness (QED) is 0.0936. The van der Waals surface area contributed by atoms with Gasteiger partial charge in [0.1, 0.15) is 22.9 Å². The van der Waals surface area contributed by atoms with E-state index in [-0.39, 0.29) is 0 Å². The third-order valence-electron chi connectivity index (χ3n) is 5.88. The zero-order valence-electron chi connectivity index (χ0n) is 19.0. The Morgan fingerprint density at radius 1 is 0.806 bits per heavy atom. The third kappa shape index (κ3) is 6.20. The van der Waals surface area contributed by atoms with Gasteiger partial charge in [-0.3, -0.25) is 0 Å². The van der Waals surface area contributed by atoms with Crippen molar-refractivity contribution in [3.05, 3.63) is 102 Å². The summed E-state index contributed by atoms with van der Waals surface area (Å²) < 4.78 is 7.56. The molecule has 0 saturated heterocycles. The van der Waals surface area contributed by atoms with Crippen LogP contribution in [0.2, 0.25) is 0 Å². The summed E-state index contributed by atoms with van der Waals surface area (Å²) in [6.45, 7) is 6.17. The largest absolute Gasteiger partial charge is 0.488 e. The molecule has 31 heavy (non-hydrogen) atoms. The van der Waals surface area contributed by atoms with Crippen LogP contribution >= 0.6 is 22.6 Å². The van der Waals surface area contributed by atoms with E-state index in [1.807, 2.05) is 0 Å². The number of ether oxygens (including phenoxy) is 1. The van der Waals surface area contributed by atoms with Crippen LogP contribution in [-0.4, -0.2) is 35.8 Å². The lowest BCUT2D eigenvalue weighted by Crippen LogP contribution is -2.46. The van der Waals surface area contributed by atoms with E-state index in [0.29, 0.717) is 10.7 Å². The second-order valence-electron chi connectivity index (χ2n) is 8.39. The minimum atomic E-state index is 0.549. The highest BCUT2D eigenvalue weighted by molar-refractivity contribution is 14.1. The summed E-state index contributed by atoms with van der Waals surface area (Å²) in [5.74, 6) is 0.926. The highest BCUT2D eigenvalue weighted by atomic mass is 127. The summed E-state index contributed by atoms with van der Waals surface area (Å²) in [6.07, 6.45) is 0.966. The molecule has 3 aromatic rings. The van der Waals surface area contributed by atoms with E-state index < -0.39 is 0 Å². The van der Waals surface area contributed by atoms with E-state index in [0.717, 1.165) is 23.2 Å². The maximum atomic E-state index is 6.07. The van der Waals surface area contributed by atoms with Crippen molar-refractivity contribution in [1.29, 1.82) is 0 Å². The number of halogens is 1. The first kappa shape index (κ1) is 23.6. The summed E-state index contributed by atoms with van der Waals surface area (Å²) in [7, 11) is 4.49. The highest BCUT2D eigenvalue weighted by Crippen LogP contribution is 2.34. The van der Waals surface area contributed by atoms with E-state index in [2.05, 4.69) is 135 Å². The lowest BCUT2D eigenvalue weighted by molar-refractivity contribution is -0.894. The third-order valence-corrected chi connectivity index (χ3v) is 7.39. The summed E-state index contributed by atoms with van der Waals surface area (Å²) in [6, 6.07) is 30.0. The van der Waals surface area contributed by atoms with Gasteiger partial charge in [0.15, 0.2) is 0 Å². The molecule has 0 radical (unpaired) electrons. The van der Waals surface area contributed by atoms with Gasteiger partial charge in [-0.1, -0.05) is 79.7 Å². The lowest BCUT2D eigenvalue weighted by Gasteiger charge is -2.32. The van der Waals surface area contributed by atoms with Crippen LogP contribution in [0.1, 0.15) is 37.0 Å². The van der Waals surface area contributed by atoms with Gasteiger partial charge in [0.05, 0.1) is 14.1 Å². The van der Waals surface area contributed by atoms with Crippen molar-refractivity contribution >= 4 is 33.7 Å². The van der Waals surface area contributed by atoms with Crippen molar-refractivity contribution in [1.82, 2.24) is 0 Å². The fourth-order valence-corrected chi connectivity index (χ4v) is 3.86. The standard InChI is InChI=1S/C28H33INO/c1-5-27(23-12-8-6-9-13-23)28(24-14-10-7-11-15-24)25-16-18-26(19-17-25)31-21-20-30(3,4)22(2)29/h6-19,22H,5,20-21H2,1-4H3/q+1/b28-27-. The normalized spacial score (nSPS) is 13.5. The molecule has 0 aliphatic heterocycles. The van der Waals surface area contributed by atoms with Crippen LogP contribution in [0.5, 0.6) is 5.75 Å². The van der Waals surface area contributed by atoms with E-state index in [4.69, 9.17) is 4.74 Å². The number of hydrogen-bond donors (Lipinski definition) is 0. The van der Waals surface area contributed by atoms with Gasteiger partial charge >= 0.3 is 0 Å². The molecular formula is C28H33INO+. The van der Waals surface area contributed by atoms with Crippen molar-refractivity contribution in [2.24, 2.45) is 0 Å². The van der Waals surface area contributed by atoms with Gasteiger partial charge in [0.25, 0.3) is 0 Å². The van der Waals surface area contributed by atoms with Gasteiger partial charge in [-0.15, -0.1) is 0 Å². The summed E-state index contributed by atoms with van der Waals surface area (Å²) in [5, 5.41) is 0. The zero-order valence-corrected chi connectivity index (χ0v) is 21.2. The van der Waals surface area contributed by atoms with Gasteiger partial charge in [-0.05, 0) is 75.9 Å².